The quantitative estimate of drug-likeness (QED) is 0.841. The first-order valence-electron chi connectivity index (χ1n) is 7.92. The van der Waals surface area contributed by atoms with Gasteiger partial charge in [0.05, 0.1) is 23.4 Å². The molecule has 5 heteroatoms. The number of fused-ring (bicyclic) bond motifs is 1. The Kier molecular flexibility index (Phi) is 4.16. The number of amides is 2. The Balaban J connectivity index is 1.92. The van der Waals surface area contributed by atoms with Crippen molar-refractivity contribution in [2.75, 3.05) is 30.0 Å². The molecule has 1 aromatic carbocycles. The highest BCUT2D eigenvalue weighted by molar-refractivity contribution is 6.11. The third-order valence-corrected chi connectivity index (χ3v) is 4.63. The molecule has 0 aromatic heterocycles. The van der Waals surface area contributed by atoms with E-state index in [4.69, 9.17) is 4.74 Å². The van der Waals surface area contributed by atoms with Crippen molar-refractivity contribution in [2.45, 2.75) is 32.3 Å². The monoisotopic (exact) mass is 302 g/mol. The molecule has 2 unspecified atom stereocenters. The first kappa shape index (κ1) is 15.0. The van der Waals surface area contributed by atoms with E-state index >= 15 is 0 Å². The maximum Gasteiger partial charge on any atom is 0.246 e. The van der Waals surface area contributed by atoms with Gasteiger partial charge in [-0.3, -0.25) is 9.59 Å². The number of ether oxygens (including phenoxy) is 1. The van der Waals surface area contributed by atoms with Gasteiger partial charge in [0, 0.05) is 13.7 Å². The van der Waals surface area contributed by atoms with Gasteiger partial charge in [0.1, 0.15) is 6.54 Å². The van der Waals surface area contributed by atoms with Crippen LogP contribution in [0.2, 0.25) is 0 Å². The molecule has 5 nitrogen and oxygen atoms in total. The zero-order valence-corrected chi connectivity index (χ0v) is 13.1. The molecule has 0 spiro atoms. The molecular weight excluding hydrogens is 280 g/mol. The largest absolute Gasteiger partial charge is 0.377 e. The molecule has 1 fully saturated rings. The predicted molar refractivity (Wildman–Crippen MR) is 85.0 cm³/mol. The topological polar surface area (TPSA) is 49.9 Å². The summed E-state index contributed by atoms with van der Waals surface area (Å²) in [5.74, 6) is -0.194. The Morgan fingerprint density at radius 2 is 2.05 bits per heavy atom. The highest BCUT2D eigenvalue weighted by atomic mass is 16.5. The molecule has 2 amide bonds. The van der Waals surface area contributed by atoms with E-state index in [9.17, 15) is 9.59 Å². The summed E-state index contributed by atoms with van der Waals surface area (Å²) in [6.45, 7) is 2.87. The first-order valence-corrected chi connectivity index (χ1v) is 7.92. The zero-order chi connectivity index (χ0) is 15.7. The molecule has 0 bridgehead atoms. The lowest BCUT2D eigenvalue weighted by atomic mass is 9.90. The molecule has 22 heavy (non-hydrogen) atoms. The van der Waals surface area contributed by atoms with E-state index in [1.807, 2.05) is 31.2 Å². The van der Waals surface area contributed by atoms with Crippen LogP contribution in [0.4, 0.5) is 11.4 Å². The molecule has 3 rings (SSSR count). The molecular formula is C17H22N2O3. The third kappa shape index (κ3) is 2.50. The van der Waals surface area contributed by atoms with Gasteiger partial charge in [-0.15, -0.1) is 0 Å². The second-order valence-corrected chi connectivity index (χ2v) is 5.93. The molecule has 0 N–H and O–H groups in total. The summed E-state index contributed by atoms with van der Waals surface area (Å²) in [7, 11) is 1.75. The number of carbonyl (C=O) groups is 2. The van der Waals surface area contributed by atoms with Gasteiger partial charge in [0.25, 0.3) is 0 Å². The van der Waals surface area contributed by atoms with Crippen LogP contribution in [0, 0.1) is 5.92 Å². The van der Waals surface area contributed by atoms with Crippen LogP contribution in [-0.4, -0.2) is 38.1 Å². The summed E-state index contributed by atoms with van der Waals surface area (Å²) in [6.07, 6.45) is 2.51. The van der Waals surface area contributed by atoms with Crippen LogP contribution in [0.3, 0.4) is 0 Å². The Labute approximate surface area is 130 Å². The highest BCUT2D eigenvalue weighted by Crippen LogP contribution is 2.35. The molecule has 2 aliphatic rings. The van der Waals surface area contributed by atoms with Crippen LogP contribution in [0.5, 0.6) is 0 Å². The number of nitrogens with zero attached hydrogens (tertiary/aromatic N) is 2. The Morgan fingerprint density at radius 3 is 2.77 bits per heavy atom. The molecule has 0 radical (unpaired) electrons. The van der Waals surface area contributed by atoms with Crippen LogP contribution >= 0.6 is 0 Å². The van der Waals surface area contributed by atoms with Gasteiger partial charge in [0.15, 0.2) is 0 Å². The van der Waals surface area contributed by atoms with Crippen LogP contribution in [0.15, 0.2) is 24.3 Å². The number of benzene rings is 1. The number of carbonyl (C=O) groups excluding carboxylic acids is 2. The third-order valence-electron chi connectivity index (χ3n) is 4.63. The highest BCUT2D eigenvalue weighted by Gasteiger charge is 2.38. The number of hydrogen-bond acceptors (Lipinski definition) is 3. The minimum Gasteiger partial charge on any atom is -0.377 e. The SMILES string of the molecule is CCC1OCCCC1C(=O)N1CC(=O)N(C)c2ccccc21. The number of likely N-dealkylation sites (N-methyl/N-ethyl adjacent to an activating group) is 1. The molecule has 1 saturated heterocycles. The zero-order valence-electron chi connectivity index (χ0n) is 13.1. The summed E-state index contributed by atoms with van der Waals surface area (Å²) in [5, 5.41) is 0. The molecule has 0 aliphatic carbocycles. The number of anilines is 2. The van der Waals surface area contributed by atoms with Crippen LogP contribution in [0.25, 0.3) is 0 Å². The summed E-state index contributed by atoms with van der Waals surface area (Å²) in [6, 6.07) is 7.56. The summed E-state index contributed by atoms with van der Waals surface area (Å²) >= 11 is 0. The number of hydrogen-bond donors (Lipinski definition) is 0. The summed E-state index contributed by atoms with van der Waals surface area (Å²) in [5.41, 5.74) is 1.60. The summed E-state index contributed by atoms with van der Waals surface area (Å²) < 4.78 is 5.74. The van der Waals surface area contributed by atoms with Crippen molar-refractivity contribution in [3.8, 4) is 0 Å². The number of rotatable bonds is 2. The van der Waals surface area contributed by atoms with E-state index in [2.05, 4.69) is 0 Å². The van der Waals surface area contributed by atoms with Gasteiger partial charge in [-0.2, -0.15) is 0 Å². The van der Waals surface area contributed by atoms with Crippen molar-refractivity contribution in [1.29, 1.82) is 0 Å². The van der Waals surface area contributed by atoms with Gasteiger partial charge < -0.3 is 14.5 Å². The maximum atomic E-state index is 13.0. The standard InChI is InChI=1S/C17H22N2O3/c1-3-15-12(7-6-10-22-15)17(21)19-11-16(20)18(2)13-8-4-5-9-14(13)19/h4-5,8-9,12,15H,3,6-7,10-11H2,1-2H3. The lowest BCUT2D eigenvalue weighted by molar-refractivity contribution is -0.133. The normalized spacial score (nSPS) is 25.1. The Morgan fingerprint density at radius 1 is 1.32 bits per heavy atom. The van der Waals surface area contributed by atoms with Gasteiger partial charge in [-0.1, -0.05) is 19.1 Å². The molecule has 2 atom stereocenters. The van der Waals surface area contributed by atoms with Crippen molar-refractivity contribution in [3.05, 3.63) is 24.3 Å². The lowest BCUT2D eigenvalue weighted by Crippen LogP contribution is -2.51. The van der Waals surface area contributed by atoms with E-state index in [0.29, 0.717) is 0 Å². The van der Waals surface area contributed by atoms with Crippen LogP contribution < -0.4 is 9.80 Å². The second-order valence-electron chi connectivity index (χ2n) is 5.93. The average molecular weight is 302 g/mol. The smallest absolute Gasteiger partial charge is 0.246 e. The van der Waals surface area contributed by atoms with Crippen molar-refractivity contribution in [1.82, 2.24) is 0 Å². The second kappa shape index (κ2) is 6.08. The van der Waals surface area contributed by atoms with Crippen molar-refractivity contribution in [2.24, 2.45) is 5.92 Å². The molecule has 2 heterocycles. The van der Waals surface area contributed by atoms with Crippen LogP contribution in [0.1, 0.15) is 26.2 Å². The van der Waals surface area contributed by atoms with Gasteiger partial charge in [0.2, 0.25) is 11.8 Å². The van der Waals surface area contributed by atoms with E-state index in [0.717, 1.165) is 37.2 Å². The minimum absolute atomic E-state index is 0.0143. The maximum absolute atomic E-state index is 13.0. The first-order chi connectivity index (χ1) is 10.6. The van der Waals surface area contributed by atoms with Gasteiger partial charge >= 0.3 is 0 Å². The average Bonchev–Trinajstić information content (AvgIpc) is 2.57. The van der Waals surface area contributed by atoms with E-state index in [1.165, 1.54) is 0 Å². The summed E-state index contributed by atoms with van der Waals surface area (Å²) in [4.78, 5) is 28.5. The van der Waals surface area contributed by atoms with E-state index in [1.54, 1.807) is 16.8 Å². The van der Waals surface area contributed by atoms with E-state index in [-0.39, 0.29) is 30.4 Å². The lowest BCUT2D eigenvalue weighted by Gasteiger charge is -2.38. The van der Waals surface area contributed by atoms with Crippen molar-refractivity contribution >= 4 is 23.2 Å². The van der Waals surface area contributed by atoms with Crippen molar-refractivity contribution < 1.29 is 14.3 Å². The van der Waals surface area contributed by atoms with Crippen LogP contribution in [-0.2, 0) is 14.3 Å². The fourth-order valence-electron chi connectivity index (χ4n) is 3.36. The molecule has 1 aromatic rings. The van der Waals surface area contributed by atoms with E-state index < -0.39 is 0 Å². The predicted octanol–water partition coefficient (Wildman–Crippen LogP) is 2.20. The molecule has 118 valence electrons. The Hall–Kier alpha value is -1.88. The number of para-hydroxylation sites is 2. The van der Waals surface area contributed by atoms with Gasteiger partial charge in [-0.05, 0) is 31.4 Å². The minimum atomic E-state index is -0.150. The molecule has 2 aliphatic heterocycles. The molecule has 0 saturated carbocycles. The van der Waals surface area contributed by atoms with Crippen molar-refractivity contribution in [3.63, 3.8) is 0 Å². The van der Waals surface area contributed by atoms with Gasteiger partial charge in [-0.25, -0.2) is 0 Å². The Bertz CT molecular complexity index is 587. The fraction of sp³-hybridized carbons (Fsp3) is 0.529. The fourth-order valence-corrected chi connectivity index (χ4v) is 3.36.